The van der Waals surface area contributed by atoms with E-state index in [9.17, 15) is 19.8 Å². The molecule has 0 fully saturated rings. The molecule has 0 unspecified atom stereocenters. The first kappa shape index (κ1) is 17.0. The Bertz CT molecular complexity index is 965. The van der Waals surface area contributed by atoms with Crippen molar-refractivity contribution in [3.05, 3.63) is 58.2 Å². The number of H-pyrrole nitrogens is 1. The third kappa shape index (κ3) is 3.66. The van der Waals surface area contributed by atoms with Crippen molar-refractivity contribution in [3.63, 3.8) is 0 Å². The molecule has 7 heteroatoms. The summed E-state index contributed by atoms with van der Waals surface area (Å²) in [7, 11) is 0. The van der Waals surface area contributed by atoms with Gasteiger partial charge in [0.25, 0.3) is 11.7 Å². The standard InChI is InChI=1S/C18H15BrN2O4/c19-11-2-3-14-12(8-11)13(9-21-14)17(24)18(25)20-6-5-10-1-4-15(22)16(23)7-10/h1-4,7-9,21-23H,5-6H2,(H,20,25). The van der Waals surface area contributed by atoms with Crippen LogP contribution in [0, 0.1) is 0 Å². The molecule has 3 aromatic rings. The zero-order chi connectivity index (χ0) is 18.0. The van der Waals surface area contributed by atoms with E-state index in [1.807, 2.05) is 12.1 Å². The Balaban J connectivity index is 1.65. The Morgan fingerprint density at radius 3 is 2.64 bits per heavy atom. The van der Waals surface area contributed by atoms with Gasteiger partial charge >= 0.3 is 0 Å². The van der Waals surface area contributed by atoms with Gasteiger partial charge < -0.3 is 20.5 Å². The zero-order valence-corrected chi connectivity index (χ0v) is 14.6. The Morgan fingerprint density at radius 2 is 1.88 bits per heavy atom. The Labute approximate surface area is 151 Å². The van der Waals surface area contributed by atoms with E-state index in [-0.39, 0.29) is 18.0 Å². The number of aromatic amines is 1. The summed E-state index contributed by atoms with van der Waals surface area (Å²) in [6, 6.07) is 9.89. The number of fused-ring (bicyclic) bond motifs is 1. The lowest BCUT2D eigenvalue weighted by molar-refractivity contribution is -0.116. The van der Waals surface area contributed by atoms with Crippen molar-refractivity contribution in [2.45, 2.75) is 6.42 Å². The first-order valence-corrected chi connectivity index (χ1v) is 8.35. The molecule has 6 nitrogen and oxygen atoms in total. The largest absolute Gasteiger partial charge is 0.504 e. The van der Waals surface area contributed by atoms with Gasteiger partial charge in [0.05, 0.1) is 5.56 Å². The number of nitrogens with one attached hydrogen (secondary N) is 2. The fourth-order valence-electron chi connectivity index (χ4n) is 2.53. The number of aromatic hydroxyl groups is 2. The zero-order valence-electron chi connectivity index (χ0n) is 13.0. The average Bonchev–Trinajstić information content (AvgIpc) is 3.00. The van der Waals surface area contributed by atoms with Crippen LogP contribution in [0.1, 0.15) is 15.9 Å². The van der Waals surface area contributed by atoms with Crippen molar-refractivity contribution in [1.29, 1.82) is 0 Å². The Kier molecular flexibility index (Phi) is 4.76. The number of carbonyl (C=O) groups is 2. The average molecular weight is 403 g/mol. The van der Waals surface area contributed by atoms with Gasteiger partial charge in [-0.3, -0.25) is 9.59 Å². The first-order valence-electron chi connectivity index (χ1n) is 7.55. The maximum absolute atomic E-state index is 12.4. The molecule has 0 saturated heterocycles. The number of amides is 1. The molecule has 2 aromatic carbocycles. The lowest BCUT2D eigenvalue weighted by atomic mass is 10.1. The molecule has 25 heavy (non-hydrogen) atoms. The van der Waals surface area contributed by atoms with E-state index < -0.39 is 11.7 Å². The van der Waals surface area contributed by atoms with Gasteiger partial charge in [-0.1, -0.05) is 22.0 Å². The number of Topliss-reactive ketones (excluding diaryl/α,β-unsaturated/α-hetero) is 1. The molecule has 128 valence electrons. The van der Waals surface area contributed by atoms with E-state index >= 15 is 0 Å². The molecule has 0 bridgehead atoms. The van der Waals surface area contributed by atoms with Crippen LogP contribution in [-0.4, -0.2) is 33.4 Å². The van der Waals surface area contributed by atoms with E-state index in [0.29, 0.717) is 17.4 Å². The number of benzene rings is 2. The van der Waals surface area contributed by atoms with E-state index in [2.05, 4.69) is 26.2 Å². The molecular weight excluding hydrogens is 388 g/mol. The second-order valence-electron chi connectivity index (χ2n) is 5.55. The third-order valence-corrected chi connectivity index (χ3v) is 4.33. The van der Waals surface area contributed by atoms with Gasteiger partial charge in [0.15, 0.2) is 11.5 Å². The summed E-state index contributed by atoms with van der Waals surface area (Å²) < 4.78 is 0.821. The number of aromatic nitrogens is 1. The topological polar surface area (TPSA) is 102 Å². The van der Waals surface area contributed by atoms with Crippen molar-refractivity contribution in [1.82, 2.24) is 10.3 Å². The predicted molar refractivity (Wildman–Crippen MR) is 96.8 cm³/mol. The summed E-state index contributed by atoms with van der Waals surface area (Å²) in [6.07, 6.45) is 1.95. The smallest absolute Gasteiger partial charge is 0.292 e. The van der Waals surface area contributed by atoms with Crippen LogP contribution in [0.2, 0.25) is 0 Å². The third-order valence-electron chi connectivity index (χ3n) is 3.83. The highest BCUT2D eigenvalue weighted by Crippen LogP contribution is 2.25. The minimum absolute atomic E-state index is 0.200. The molecule has 0 aliphatic carbocycles. The molecule has 0 aliphatic rings. The quantitative estimate of drug-likeness (QED) is 0.299. The van der Waals surface area contributed by atoms with Gasteiger partial charge in [-0.2, -0.15) is 0 Å². The summed E-state index contributed by atoms with van der Waals surface area (Å²) in [5, 5.41) is 22.0. The maximum atomic E-state index is 12.4. The number of rotatable bonds is 5. The number of ketones is 1. The summed E-state index contributed by atoms with van der Waals surface area (Å²) in [5.74, 6) is -1.72. The fraction of sp³-hybridized carbons (Fsp3) is 0.111. The highest BCUT2D eigenvalue weighted by molar-refractivity contribution is 9.10. The van der Waals surface area contributed by atoms with Gasteiger partial charge in [-0.25, -0.2) is 0 Å². The minimum Gasteiger partial charge on any atom is -0.504 e. The van der Waals surface area contributed by atoms with E-state index in [1.54, 1.807) is 12.1 Å². The normalized spacial score (nSPS) is 10.8. The van der Waals surface area contributed by atoms with Gasteiger partial charge in [0.2, 0.25) is 0 Å². The summed E-state index contributed by atoms with van der Waals surface area (Å²) >= 11 is 3.35. The number of carbonyl (C=O) groups excluding carboxylic acids is 2. The highest BCUT2D eigenvalue weighted by Gasteiger charge is 2.19. The maximum Gasteiger partial charge on any atom is 0.292 e. The van der Waals surface area contributed by atoms with Gasteiger partial charge in [0.1, 0.15) is 0 Å². The van der Waals surface area contributed by atoms with Crippen molar-refractivity contribution >= 4 is 38.5 Å². The minimum atomic E-state index is -0.691. The number of phenols is 2. The molecule has 0 saturated carbocycles. The van der Waals surface area contributed by atoms with Gasteiger partial charge in [-0.15, -0.1) is 0 Å². The monoisotopic (exact) mass is 402 g/mol. The van der Waals surface area contributed by atoms with Crippen molar-refractivity contribution in [3.8, 4) is 11.5 Å². The lowest BCUT2D eigenvalue weighted by Crippen LogP contribution is -2.32. The second-order valence-corrected chi connectivity index (χ2v) is 6.47. The van der Waals surface area contributed by atoms with Crippen LogP contribution in [0.15, 0.2) is 47.1 Å². The molecule has 0 spiro atoms. The SMILES string of the molecule is O=C(NCCc1ccc(O)c(O)c1)C(=O)c1c[nH]c2ccc(Br)cc12. The van der Waals surface area contributed by atoms with Gasteiger partial charge in [0, 0.05) is 28.1 Å². The number of hydrogen-bond donors (Lipinski definition) is 4. The molecule has 1 amide bonds. The Morgan fingerprint density at radius 1 is 1.08 bits per heavy atom. The molecule has 0 radical (unpaired) electrons. The fourth-order valence-corrected chi connectivity index (χ4v) is 2.89. The molecule has 1 heterocycles. The van der Waals surface area contributed by atoms with Crippen LogP contribution in [0.4, 0.5) is 0 Å². The lowest BCUT2D eigenvalue weighted by Gasteiger charge is -2.06. The van der Waals surface area contributed by atoms with Crippen LogP contribution in [-0.2, 0) is 11.2 Å². The van der Waals surface area contributed by atoms with Crippen LogP contribution in [0.3, 0.4) is 0 Å². The summed E-state index contributed by atoms with van der Waals surface area (Å²) in [4.78, 5) is 27.4. The molecule has 1 aromatic heterocycles. The van der Waals surface area contributed by atoms with Gasteiger partial charge in [-0.05, 0) is 42.3 Å². The molecular formula is C18H15BrN2O4. The molecule has 0 aliphatic heterocycles. The van der Waals surface area contributed by atoms with E-state index in [1.165, 1.54) is 18.3 Å². The number of phenolic OH excluding ortho intramolecular Hbond substituents is 2. The van der Waals surface area contributed by atoms with Crippen LogP contribution in [0.25, 0.3) is 10.9 Å². The second kappa shape index (κ2) is 6.98. The van der Waals surface area contributed by atoms with E-state index in [0.717, 1.165) is 15.6 Å². The highest BCUT2D eigenvalue weighted by atomic mass is 79.9. The van der Waals surface area contributed by atoms with Crippen LogP contribution < -0.4 is 5.32 Å². The molecule has 3 rings (SSSR count). The van der Waals surface area contributed by atoms with Crippen molar-refractivity contribution in [2.24, 2.45) is 0 Å². The first-order chi connectivity index (χ1) is 12.0. The van der Waals surface area contributed by atoms with Crippen LogP contribution in [0.5, 0.6) is 11.5 Å². The van der Waals surface area contributed by atoms with Crippen molar-refractivity contribution in [2.75, 3.05) is 6.54 Å². The van der Waals surface area contributed by atoms with Crippen LogP contribution >= 0.6 is 15.9 Å². The number of halogens is 1. The number of hydrogen-bond acceptors (Lipinski definition) is 4. The predicted octanol–water partition coefficient (Wildman–Crippen LogP) is 2.88. The molecule has 4 N–H and O–H groups in total. The summed E-state index contributed by atoms with van der Waals surface area (Å²) in [5.41, 5.74) is 1.83. The van der Waals surface area contributed by atoms with E-state index in [4.69, 9.17) is 0 Å². The summed E-state index contributed by atoms with van der Waals surface area (Å²) in [6.45, 7) is 0.237. The van der Waals surface area contributed by atoms with Crippen molar-refractivity contribution < 1.29 is 19.8 Å². The molecule has 0 atom stereocenters. The Hall–Kier alpha value is -2.80.